The summed E-state index contributed by atoms with van der Waals surface area (Å²) in [5.74, 6) is 0.900. The monoisotopic (exact) mass is 353 g/mol. The van der Waals surface area contributed by atoms with Crippen LogP contribution in [0.3, 0.4) is 0 Å². The molecule has 0 atom stereocenters. The second-order valence-electron chi connectivity index (χ2n) is 5.28. The zero-order chi connectivity index (χ0) is 14.1. The number of nitrogens with zero attached hydrogens (tertiary/aromatic N) is 2. The zero-order valence-corrected chi connectivity index (χ0v) is 13.7. The van der Waals surface area contributed by atoms with Crippen molar-refractivity contribution in [3.05, 3.63) is 39.6 Å². The third kappa shape index (κ3) is 2.72. The number of hydrogen-bond donors (Lipinski definition) is 1. The van der Waals surface area contributed by atoms with Gasteiger partial charge in [0.05, 0.1) is 20.9 Å². The topological polar surface area (TPSA) is 29.9 Å². The minimum Gasteiger partial charge on any atom is -0.325 e. The fourth-order valence-corrected chi connectivity index (χ4v) is 3.33. The van der Waals surface area contributed by atoms with Gasteiger partial charge in [0, 0.05) is 12.2 Å². The molecule has 3 nitrogen and oxygen atoms in total. The second kappa shape index (κ2) is 5.78. The summed E-state index contributed by atoms with van der Waals surface area (Å²) in [5.41, 5.74) is 1.99. The van der Waals surface area contributed by atoms with Crippen LogP contribution >= 0.6 is 27.5 Å². The minimum absolute atomic E-state index is 0.566. The van der Waals surface area contributed by atoms with Crippen molar-refractivity contribution in [1.29, 1.82) is 0 Å². The number of halogens is 2. The van der Waals surface area contributed by atoms with Crippen LogP contribution in [-0.2, 0) is 0 Å². The largest absolute Gasteiger partial charge is 0.325 e. The normalized spacial score (nSPS) is 15.8. The van der Waals surface area contributed by atoms with Gasteiger partial charge in [-0.15, -0.1) is 0 Å². The number of anilines is 2. The number of aromatic nitrogens is 2. The first-order valence-corrected chi connectivity index (χ1v) is 8.09. The Morgan fingerprint density at radius 2 is 2.10 bits per heavy atom. The van der Waals surface area contributed by atoms with Crippen LogP contribution in [0, 0.1) is 6.92 Å². The predicted molar refractivity (Wildman–Crippen MR) is 86.9 cm³/mol. The lowest BCUT2D eigenvalue weighted by Gasteiger charge is -2.16. The first-order valence-electron chi connectivity index (χ1n) is 6.91. The molecule has 106 valence electrons. The van der Waals surface area contributed by atoms with Crippen molar-refractivity contribution < 1.29 is 0 Å². The highest BCUT2D eigenvalue weighted by Gasteiger charge is 2.20. The lowest BCUT2D eigenvalue weighted by molar-refractivity contribution is 0.524. The number of nitrogens with one attached hydrogen (secondary N) is 1. The number of hydrogen-bond acceptors (Lipinski definition) is 2. The molecule has 20 heavy (non-hydrogen) atoms. The SMILES string of the molecule is Cc1cn(C2CCCC2)c(Nc2cccc(Cl)c2Br)n1. The molecule has 0 saturated heterocycles. The molecule has 1 aromatic heterocycles. The standard InChI is InChI=1S/C15H17BrClN3/c1-10-9-20(11-5-2-3-6-11)15(18-10)19-13-8-4-7-12(17)14(13)16/h4,7-9,11H,2-3,5-6H2,1H3,(H,18,19). The summed E-state index contributed by atoms with van der Waals surface area (Å²) in [7, 11) is 0. The number of aryl methyl sites for hydroxylation is 1. The van der Waals surface area contributed by atoms with Crippen LogP contribution in [0.15, 0.2) is 28.9 Å². The third-order valence-corrected chi connectivity index (χ3v) is 5.17. The van der Waals surface area contributed by atoms with Crippen molar-refractivity contribution in [3.8, 4) is 0 Å². The summed E-state index contributed by atoms with van der Waals surface area (Å²) in [4.78, 5) is 4.61. The molecule has 1 aliphatic rings. The molecule has 0 spiro atoms. The molecule has 0 radical (unpaired) electrons. The van der Waals surface area contributed by atoms with Gasteiger partial charge < -0.3 is 9.88 Å². The van der Waals surface area contributed by atoms with Crippen LogP contribution in [0.25, 0.3) is 0 Å². The van der Waals surface area contributed by atoms with Gasteiger partial charge in [-0.2, -0.15) is 0 Å². The Morgan fingerprint density at radius 1 is 1.35 bits per heavy atom. The van der Waals surface area contributed by atoms with Crippen molar-refractivity contribution in [2.45, 2.75) is 38.6 Å². The summed E-state index contributed by atoms with van der Waals surface area (Å²) in [5, 5.41) is 4.10. The average molecular weight is 355 g/mol. The minimum atomic E-state index is 0.566. The predicted octanol–water partition coefficient (Wildman–Crippen LogP) is 5.47. The molecular weight excluding hydrogens is 338 g/mol. The van der Waals surface area contributed by atoms with E-state index < -0.39 is 0 Å². The zero-order valence-electron chi connectivity index (χ0n) is 11.4. The molecule has 2 aromatic rings. The molecule has 3 rings (SSSR count). The molecule has 0 bridgehead atoms. The van der Waals surface area contributed by atoms with Crippen LogP contribution in [0.5, 0.6) is 0 Å². The highest BCUT2D eigenvalue weighted by Crippen LogP contribution is 2.35. The van der Waals surface area contributed by atoms with Gasteiger partial charge in [-0.25, -0.2) is 4.98 Å². The van der Waals surface area contributed by atoms with Gasteiger partial charge in [0.15, 0.2) is 0 Å². The maximum absolute atomic E-state index is 6.14. The number of rotatable bonds is 3. The highest BCUT2D eigenvalue weighted by atomic mass is 79.9. The van der Waals surface area contributed by atoms with E-state index in [1.54, 1.807) is 0 Å². The second-order valence-corrected chi connectivity index (χ2v) is 6.48. The number of benzene rings is 1. The Kier molecular flexibility index (Phi) is 4.03. The summed E-state index contributed by atoms with van der Waals surface area (Å²) in [6.45, 7) is 2.03. The van der Waals surface area contributed by atoms with Crippen LogP contribution in [0.2, 0.25) is 5.02 Å². The summed E-state index contributed by atoms with van der Waals surface area (Å²) in [6.07, 6.45) is 7.23. The van der Waals surface area contributed by atoms with Gasteiger partial charge in [0.25, 0.3) is 0 Å². The summed E-state index contributed by atoms with van der Waals surface area (Å²) < 4.78 is 3.15. The van der Waals surface area contributed by atoms with Crippen LogP contribution in [-0.4, -0.2) is 9.55 Å². The van der Waals surface area contributed by atoms with E-state index in [1.165, 1.54) is 25.7 Å². The lowest BCUT2D eigenvalue weighted by Crippen LogP contribution is -2.08. The average Bonchev–Trinajstić information content (AvgIpc) is 3.04. The number of imidazole rings is 1. The van der Waals surface area contributed by atoms with E-state index in [-0.39, 0.29) is 0 Å². The van der Waals surface area contributed by atoms with Gasteiger partial charge in [-0.1, -0.05) is 30.5 Å². The van der Waals surface area contributed by atoms with Gasteiger partial charge in [0.2, 0.25) is 5.95 Å². The quantitative estimate of drug-likeness (QED) is 0.792. The smallest absolute Gasteiger partial charge is 0.207 e. The molecular formula is C15H17BrClN3. The molecule has 1 fully saturated rings. The van der Waals surface area contributed by atoms with E-state index in [2.05, 4.69) is 37.0 Å². The van der Waals surface area contributed by atoms with Crippen LogP contribution in [0.4, 0.5) is 11.6 Å². The van der Waals surface area contributed by atoms with Crippen molar-refractivity contribution in [1.82, 2.24) is 9.55 Å². The van der Waals surface area contributed by atoms with Crippen molar-refractivity contribution >= 4 is 39.2 Å². The first kappa shape index (κ1) is 14.0. The highest BCUT2D eigenvalue weighted by molar-refractivity contribution is 9.10. The Morgan fingerprint density at radius 3 is 2.85 bits per heavy atom. The van der Waals surface area contributed by atoms with E-state index in [9.17, 15) is 0 Å². The van der Waals surface area contributed by atoms with E-state index in [0.29, 0.717) is 11.1 Å². The molecule has 1 heterocycles. The van der Waals surface area contributed by atoms with Crippen molar-refractivity contribution in [3.63, 3.8) is 0 Å². The fraction of sp³-hybridized carbons (Fsp3) is 0.400. The molecule has 5 heteroatoms. The van der Waals surface area contributed by atoms with Crippen molar-refractivity contribution in [2.75, 3.05) is 5.32 Å². The summed E-state index contributed by atoms with van der Waals surface area (Å²) in [6, 6.07) is 6.37. The van der Waals surface area contributed by atoms with E-state index in [1.807, 2.05) is 25.1 Å². The lowest BCUT2D eigenvalue weighted by atomic mass is 10.2. The molecule has 0 amide bonds. The first-order chi connectivity index (χ1) is 9.65. The molecule has 1 aliphatic carbocycles. The Bertz CT molecular complexity index is 618. The van der Waals surface area contributed by atoms with Crippen LogP contribution < -0.4 is 5.32 Å². The molecule has 1 N–H and O–H groups in total. The maximum atomic E-state index is 6.14. The Hall–Kier alpha value is -1.000. The molecule has 0 unspecified atom stereocenters. The van der Waals surface area contributed by atoms with Crippen molar-refractivity contribution in [2.24, 2.45) is 0 Å². The van der Waals surface area contributed by atoms with Gasteiger partial charge in [-0.3, -0.25) is 0 Å². The fourth-order valence-electron chi connectivity index (χ4n) is 2.79. The van der Waals surface area contributed by atoms with E-state index >= 15 is 0 Å². The summed E-state index contributed by atoms with van der Waals surface area (Å²) >= 11 is 9.66. The van der Waals surface area contributed by atoms with E-state index in [4.69, 9.17) is 11.6 Å². The van der Waals surface area contributed by atoms with Crippen LogP contribution in [0.1, 0.15) is 37.4 Å². The molecule has 1 aromatic carbocycles. The molecule has 0 aliphatic heterocycles. The Balaban J connectivity index is 1.92. The Labute approximate surface area is 132 Å². The molecule has 1 saturated carbocycles. The maximum Gasteiger partial charge on any atom is 0.207 e. The van der Waals surface area contributed by atoms with Gasteiger partial charge in [-0.05, 0) is 47.8 Å². The van der Waals surface area contributed by atoms with E-state index in [0.717, 1.165) is 21.8 Å². The van der Waals surface area contributed by atoms with Gasteiger partial charge in [0.1, 0.15) is 0 Å². The third-order valence-electron chi connectivity index (χ3n) is 3.77. The van der Waals surface area contributed by atoms with Gasteiger partial charge >= 0.3 is 0 Å².